The molecule has 0 bridgehead atoms. The molecule has 0 unspecified atom stereocenters. The molecule has 2 N–H and O–H groups in total. The number of hydrogen-bond donors (Lipinski definition) is 2. The molecule has 0 radical (unpaired) electrons. The number of alkyl halides is 2. The van der Waals surface area contributed by atoms with Gasteiger partial charge in [0, 0.05) is 37.6 Å². The predicted octanol–water partition coefficient (Wildman–Crippen LogP) is 3.89. The van der Waals surface area contributed by atoms with Crippen molar-refractivity contribution in [2.24, 2.45) is 0 Å². The van der Waals surface area contributed by atoms with E-state index in [9.17, 15) is 18.4 Å². The summed E-state index contributed by atoms with van der Waals surface area (Å²) in [6, 6.07) is 13.5. The lowest BCUT2D eigenvalue weighted by molar-refractivity contribution is -0.140. The minimum absolute atomic E-state index is 0.0491. The largest absolute Gasteiger partial charge is 0.495 e. The molecule has 2 amide bonds. The number of aromatic nitrogens is 2. The zero-order valence-electron chi connectivity index (χ0n) is 21.5. The minimum Gasteiger partial charge on any atom is -0.495 e. The van der Waals surface area contributed by atoms with Crippen LogP contribution in [-0.2, 0) is 9.53 Å². The quantitative estimate of drug-likeness (QED) is 0.487. The Hall–Kier alpha value is -4.32. The van der Waals surface area contributed by atoms with Gasteiger partial charge < -0.3 is 29.9 Å². The summed E-state index contributed by atoms with van der Waals surface area (Å²) in [6.07, 6.45) is 2.83. The molecule has 0 atom stereocenters. The van der Waals surface area contributed by atoms with Crippen LogP contribution in [0.2, 0.25) is 0 Å². The fourth-order valence-electron chi connectivity index (χ4n) is 4.55. The second kappa shape index (κ2) is 10.8. The lowest BCUT2D eigenvalue weighted by atomic mass is 10.1. The van der Waals surface area contributed by atoms with Crippen molar-refractivity contribution < 1.29 is 27.8 Å². The van der Waals surface area contributed by atoms with Crippen molar-refractivity contribution in [1.82, 2.24) is 15.3 Å². The average Bonchev–Trinajstić information content (AvgIpc) is 3.03. The summed E-state index contributed by atoms with van der Waals surface area (Å²) in [4.78, 5) is 36.2. The maximum absolute atomic E-state index is 14.9. The van der Waals surface area contributed by atoms with E-state index < -0.39 is 18.4 Å². The van der Waals surface area contributed by atoms with E-state index in [1.807, 2.05) is 0 Å². The van der Waals surface area contributed by atoms with E-state index in [4.69, 9.17) is 9.47 Å². The fourth-order valence-corrected chi connectivity index (χ4v) is 4.55. The Bertz CT molecular complexity index is 1370. The van der Waals surface area contributed by atoms with Crippen LogP contribution in [0.15, 0.2) is 54.7 Å². The van der Waals surface area contributed by atoms with Gasteiger partial charge in [-0.3, -0.25) is 9.59 Å². The Kier molecular flexibility index (Phi) is 7.29. The number of anilines is 5. The Balaban J connectivity index is 1.44. The van der Waals surface area contributed by atoms with Crippen LogP contribution in [-0.4, -0.2) is 67.7 Å². The summed E-state index contributed by atoms with van der Waals surface area (Å²) < 4.78 is 40.5. The van der Waals surface area contributed by atoms with Crippen LogP contribution in [0.4, 0.5) is 37.6 Å². The summed E-state index contributed by atoms with van der Waals surface area (Å²) in [5.74, 6) is -4.62. The lowest BCUT2D eigenvalue weighted by Gasteiger charge is -2.25. The van der Waals surface area contributed by atoms with Crippen molar-refractivity contribution in [1.29, 1.82) is 0 Å². The summed E-state index contributed by atoms with van der Waals surface area (Å²) in [5.41, 5.74) is 1.47. The molecule has 1 saturated heterocycles. The number of rotatable bonds is 6. The van der Waals surface area contributed by atoms with Gasteiger partial charge in [0.2, 0.25) is 5.95 Å². The highest BCUT2D eigenvalue weighted by atomic mass is 19.3. The van der Waals surface area contributed by atoms with Crippen LogP contribution in [0.1, 0.15) is 23.2 Å². The molecule has 204 valence electrons. The topological polar surface area (TPSA) is 109 Å². The SMILES string of the molecule is COc1cc(C(=O)NC2CCOCC2)ccc1Nc1ncc2c(n1)N(c1ccccc1)CC(F)(F)C(=O)N2C. The van der Waals surface area contributed by atoms with Gasteiger partial charge >= 0.3 is 5.92 Å². The van der Waals surface area contributed by atoms with Crippen molar-refractivity contribution in [3.63, 3.8) is 0 Å². The summed E-state index contributed by atoms with van der Waals surface area (Å²) in [7, 11) is 2.74. The third kappa shape index (κ3) is 5.46. The maximum atomic E-state index is 14.9. The van der Waals surface area contributed by atoms with Crippen molar-refractivity contribution in [2.75, 3.05) is 49.0 Å². The number of hydrogen-bond acceptors (Lipinski definition) is 8. The fraction of sp³-hybridized carbons (Fsp3) is 0.333. The average molecular weight is 539 g/mol. The van der Waals surface area contributed by atoms with Crippen molar-refractivity contribution in [3.8, 4) is 5.75 Å². The standard InChI is InChI=1S/C27H28F2N6O4/c1-34-21-15-30-26(33-23(21)35(16-27(28,29)25(34)37)19-6-4-3-5-7-19)32-20-9-8-17(14-22(20)38-2)24(36)31-18-10-12-39-13-11-18/h3-9,14-15,18H,10-13,16H2,1-2H3,(H,31,36)(H,30,32,33). The zero-order chi connectivity index (χ0) is 27.6. The molecule has 10 nitrogen and oxygen atoms in total. The first-order valence-electron chi connectivity index (χ1n) is 12.5. The molecule has 1 fully saturated rings. The molecule has 39 heavy (non-hydrogen) atoms. The van der Waals surface area contributed by atoms with Gasteiger partial charge in [0.25, 0.3) is 11.8 Å². The van der Waals surface area contributed by atoms with Crippen LogP contribution in [0.25, 0.3) is 0 Å². The molecule has 2 aromatic carbocycles. The molecule has 2 aliphatic rings. The second-order valence-corrected chi connectivity index (χ2v) is 9.29. The summed E-state index contributed by atoms with van der Waals surface area (Å²) in [5, 5.41) is 6.06. The van der Waals surface area contributed by atoms with Gasteiger partial charge in [0.15, 0.2) is 5.82 Å². The lowest BCUT2D eigenvalue weighted by Crippen LogP contribution is -2.45. The van der Waals surface area contributed by atoms with Crippen LogP contribution >= 0.6 is 0 Å². The Labute approximate surface area is 223 Å². The Morgan fingerprint density at radius 3 is 2.62 bits per heavy atom. The number of amides is 2. The predicted molar refractivity (Wildman–Crippen MR) is 141 cm³/mol. The summed E-state index contributed by atoms with van der Waals surface area (Å²) >= 11 is 0. The van der Waals surface area contributed by atoms with Gasteiger partial charge in [0.05, 0.1) is 25.5 Å². The smallest absolute Gasteiger partial charge is 0.342 e. The third-order valence-electron chi connectivity index (χ3n) is 6.68. The molecule has 5 rings (SSSR count). The number of nitrogens with one attached hydrogen (secondary N) is 2. The molecular weight excluding hydrogens is 510 g/mol. The first kappa shape index (κ1) is 26.3. The number of methoxy groups -OCH3 is 1. The molecule has 0 saturated carbocycles. The number of nitrogens with zero attached hydrogens (tertiary/aromatic N) is 4. The van der Waals surface area contributed by atoms with E-state index in [1.165, 1.54) is 25.3 Å². The van der Waals surface area contributed by atoms with Crippen LogP contribution in [0, 0.1) is 0 Å². The number of carbonyl (C=O) groups is 2. The third-order valence-corrected chi connectivity index (χ3v) is 6.68. The molecule has 12 heteroatoms. The van der Waals surface area contributed by atoms with Crippen molar-refractivity contribution in [2.45, 2.75) is 24.8 Å². The number of carbonyl (C=O) groups excluding carboxylic acids is 2. The highest BCUT2D eigenvalue weighted by Crippen LogP contribution is 2.40. The number of fused-ring (bicyclic) bond motifs is 1. The van der Waals surface area contributed by atoms with E-state index in [0.717, 1.165) is 17.7 Å². The number of para-hydroxylation sites is 1. The molecule has 0 aliphatic carbocycles. The van der Waals surface area contributed by atoms with E-state index in [0.29, 0.717) is 35.9 Å². The van der Waals surface area contributed by atoms with E-state index in [-0.39, 0.29) is 29.4 Å². The van der Waals surface area contributed by atoms with Crippen LogP contribution in [0.5, 0.6) is 5.75 Å². The molecular formula is C27H28F2N6O4. The number of benzene rings is 2. The summed E-state index contributed by atoms with van der Waals surface area (Å²) in [6.45, 7) is 0.340. The van der Waals surface area contributed by atoms with E-state index in [2.05, 4.69) is 20.6 Å². The maximum Gasteiger partial charge on any atom is 0.342 e. The van der Waals surface area contributed by atoms with Crippen LogP contribution < -0.4 is 25.2 Å². The van der Waals surface area contributed by atoms with Crippen molar-refractivity contribution >= 4 is 40.6 Å². The van der Waals surface area contributed by atoms with Gasteiger partial charge in [-0.05, 0) is 43.2 Å². The monoisotopic (exact) mass is 538 g/mol. The van der Waals surface area contributed by atoms with Gasteiger partial charge in [-0.15, -0.1) is 0 Å². The first-order chi connectivity index (χ1) is 18.8. The first-order valence-corrected chi connectivity index (χ1v) is 12.5. The second-order valence-electron chi connectivity index (χ2n) is 9.29. The van der Waals surface area contributed by atoms with Gasteiger partial charge in [-0.1, -0.05) is 18.2 Å². The Morgan fingerprint density at radius 2 is 1.90 bits per heavy atom. The number of halogens is 2. The van der Waals surface area contributed by atoms with Gasteiger partial charge in [-0.2, -0.15) is 13.8 Å². The molecule has 3 aromatic rings. The number of ether oxygens (including phenoxy) is 2. The van der Waals surface area contributed by atoms with E-state index >= 15 is 0 Å². The van der Waals surface area contributed by atoms with Gasteiger partial charge in [-0.25, -0.2) is 4.98 Å². The normalized spacial score (nSPS) is 17.3. The molecule has 0 spiro atoms. The highest BCUT2D eigenvalue weighted by Gasteiger charge is 2.47. The Morgan fingerprint density at radius 1 is 1.15 bits per heavy atom. The minimum atomic E-state index is -3.65. The molecule has 3 heterocycles. The van der Waals surface area contributed by atoms with Crippen molar-refractivity contribution in [3.05, 3.63) is 60.3 Å². The molecule has 2 aliphatic heterocycles. The van der Waals surface area contributed by atoms with Crippen LogP contribution in [0.3, 0.4) is 0 Å². The highest BCUT2D eigenvalue weighted by molar-refractivity contribution is 6.02. The molecule has 1 aromatic heterocycles. The van der Waals surface area contributed by atoms with Gasteiger partial charge in [0.1, 0.15) is 11.4 Å². The van der Waals surface area contributed by atoms with E-state index in [1.54, 1.807) is 48.5 Å². The zero-order valence-corrected chi connectivity index (χ0v) is 21.5.